The lowest BCUT2D eigenvalue weighted by Gasteiger charge is -2.37. The molecule has 36 heavy (non-hydrogen) atoms. The van der Waals surface area contributed by atoms with E-state index in [4.69, 9.17) is 5.11 Å². The molecule has 7 N–H and O–H groups in total. The summed E-state index contributed by atoms with van der Waals surface area (Å²) >= 11 is 0. The number of carbonyl (C=O) groups is 3. The predicted molar refractivity (Wildman–Crippen MR) is 121 cm³/mol. The van der Waals surface area contributed by atoms with Gasteiger partial charge in [0.1, 0.15) is 0 Å². The molecule has 0 bridgehead atoms. The third kappa shape index (κ3) is 6.32. The molecule has 1 aromatic heterocycles. The highest BCUT2D eigenvalue weighted by Gasteiger charge is 2.45. The number of hydrogen-bond donors (Lipinski definition) is 7. The molecule has 1 unspecified atom stereocenters. The van der Waals surface area contributed by atoms with E-state index < -0.39 is 96.4 Å². The lowest BCUT2D eigenvalue weighted by Crippen LogP contribution is -2.59. The zero-order valence-corrected chi connectivity index (χ0v) is 19.1. The number of carboxylic acids is 3. The molecule has 0 radical (unpaired) electrons. The van der Waals surface area contributed by atoms with Gasteiger partial charge in [-0.25, -0.2) is 37.9 Å². The SMILES string of the molecule is C=C(Cn1c(=O)[nH]c(=O)n(C(CCO)(CC(=C)C(=O)O)C(C(=O)O)=C(CCO)CCO)c1=O)C(=O)O. The maximum atomic E-state index is 13.4. The van der Waals surface area contributed by atoms with Gasteiger partial charge < -0.3 is 30.6 Å². The van der Waals surface area contributed by atoms with E-state index >= 15 is 0 Å². The number of carboxylic acid groups (broad SMARTS) is 3. The number of aromatic nitrogens is 3. The smallest absolute Gasteiger partial charge is 0.337 e. The zero-order valence-electron chi connectivity index (χ0n) is 19.1. The Kier molecular flexibility index (Phi) is 10.5. The Morgan fingerprint density at radius 3 is 1.75 bits per heavy atom. The third-order valence-electron chi connectivity index (χ3n) is 5.36. The molecule has 198 valence electrons. The third-order valence-corrected chi connectivity index (χ3v) is 5.36. The minimum atomic E-state index is -2.50. The van der Waals surface area contributed by atoms with Gasteiger partial charge in [0.15, 0.2) is 0 Å². The van der Waals surface area contributed by atoms with E-state index in [0.29, 0.717) is 0 Å². The molecule has 1 atom stereocenters. The molecule has 15 heteroatoms. The highest BCUT2D eigenvalue weighted by Crippen LogP contribution is 2.38. The van der Waals surface area contributed by atoms with Crippen LogP contribution < -0.4 is 17.1 Å². The maximum Gasteiger partial charge on any atom is 0.337 e. The summed E-state index contributed by atoms with van der Waals surface area (Å²) in [5, 5.41) is 57.4. The Hall–Kier alpha value is -4.08. The average molecular weight is 513 g/mol. The van der Waals surface area contributed by atoms with Crippen LogP contribution in [0.3, 0.4) is 0 Å². The van der Waals surface area contributed by atoms with Gasteiger partial charge in [0.25, 0.3) is 0 Å². The average Bonchev–Trinajstić information content (AvgIpc) is 2.76. The Bertz CT molecular complexity index is 1260. The number of rotatable bonds is 15. The lowest BCUT2D eigenvalue weighted by atomic mass is 9.77. The fourth-order valence-corrected chi connectivity index (χ4v) is 3.83. The van der Waals surface area contributed by atoms with Crippen LogP contribution >= 0.6 is 0 Å². The van der Waals surface area contributed by atoms with Crippen molar-refractivity contribution in [3.63, 3.8) is 0 Å². The number of aliphatic carboxylic acids is 3. The van der Waals surface area contributed by atoms with Crippen molar-refractivity contribution >= 4 is 17.9 Å². The fraction of sp³-hybridized carbons (Fsp3) is 0.429. The molecule has 0 aliphatic rings. The number of aliphatic hydroxyl groups is 3. The molecule has 1 heterocycles. The van der Waals surface area contributed by atoms with Crippen LogP contribution in [0.25, 0.3) is 0 Å². The summed E-state index contributed by atoms with van der Waals surface area (Å²) < 4.78 is 0.441. The van der Waals surface area contributed by atoms with Crippen molar-refractivity contribution in [1.82, 2.24) is 14.1 Å². The van der Waals surface area contributed by atoms with Gasteiger partial charge in [-0.2, -0.15) is 0 Å². The lowest BCUT2D eigenvalue weighted by molar-refractivity contribution is -0.135. The topological polar surface area (TPSA) is 249 Å². The normalized spacial score (nSPS) is 12.4. The van der Waals surface area contributed by atoms with Gasteiger partial charge in [0.05, 0.1) is 17.7 Å². The number of H-pyrrole nitrogens is 1. The Balaban J connectivity index is 4.38. The van der Waals surface area contributed by atoms with Crippen molar-refractivity contribution in [2.45, 2.75) is 37.8 Å². The van der Waals surface area contributed by atoms with E-state index in [1.54, 1.807) is 4.98 Å². The second-order valence-electron chi connectivity index (χ2n) is 7.67. The van der Waals surface area contributed by atoms with Crippen LogP contribution in [0.2, 0.25) is 0 Å². The summed E-state index contributed by atoms with van der Waals surface area (Å²) in [7, 11) is 0. The van der Waals surface area contributed by atoms with E-state index in [-0.39, 0.29) is 27.5 Å². The molecule has 0 saturated heterocycles. The van der Waals surface area contributed by atoms with Crippen LogP contribution in [-0.4, -0.2) is 82.5 Å². The minimum Gasteiger partial charge on any atom is -0.478 e. The minimum absolute atomic E-state index is 0.182. The second-order valence-corrected chi connectivity index (χ2v) is 7.67. The summed E-state index contributed by atoms with van der Waals surface area (Å²) in [5.41, 5.74) is -9.18. The van der Waals surface area contributed by atoms with Crippen molar-refractivity contribution in [3.05, 3.63) is 66.9 Å². The van der Waals surface area contributed by atoms with Gasteiger partial charge in [-0.3, -0.25) is 4.98 Å². The van der Waals surface area contributed by atoms with Crippen LogP contribution in [0, 0.1) is 0 Å². The molecule has 0 saturated carbocycles. The van der Waals surface area contributed by atoms with Gasteiger partial charge in [-0.1, -0.05) is 18.7 Å². The quantitative estimate of drug-likeness (QED) is 0.121. The van der Waals surface area contributed by atoms with Crippen LogP contribution in [0.1, 0.15) is 25.7 Å². The first kappa shape index (κ1) is 30.0. The van der Waals surface area contributed by atoms with Crippen molar-refractivity contribution in [2.75, 3.05) is 19.8 Å². The first-order valence-electron chi connectivity index (χ1n) is 10.4. The van der Waals surface area contributed by atoms with Crippen molar-refractivity contribution in [2.24, 2.45) is 0 Å². The van der Waals surface area contributed by atoms with Gasteiger partial charge in [-0.15, -0.1) is 0 Å². The van der Waals surface area contributed by atoms with Crippen LogP contribution in [0.4, 0.5) is 0 Å². The molecule has 1 aromatic rings. The monoisotopic (exact) mass is 513 g/mol. The maximum absolute atomic E-state index is 13.4. The predicted octanol–water partition coefficient (Wildman–Crippen LogP) is -2.41. The first-order valence-corrected chi connectivity index (χ1v) is 10.4. The fourth-order valence-electron chi connectivity index (χ4n) is 3.83. The highest BCUT2D eigenvalue weighted by atomic mass is 16.4. The molecule has 0 aliphatic heterocycles. The molecule has 0 aliphatic carbocycles. The molecular weight excluding hydrogens is 486 g/mol. The van der Waals surface area contributed by atoms with Gasteiger partial charge >= 0.3 is 35.0 Å². The Morgan fingerprint density at radius 1 is 0.806 bits per heavy atom. The molecule has 0 spiro atoms. The van der Waals surface area contributed by atoms with Gasteiger partial charge in [0, 0.05) is 37.4 Å². The van der Waals surface area contributed by atoms with Crippen LogP contribution in [-0.2, 0) is 26.5 Å². The van der Waals surface area contributed by atoms with E-state index in [2.05, 4.69) is 13.2 Å². The summed E-state index contributed by atoms with van der Waals surface area (Å²) in [4.78, 5) is 75.8. The second kappa shape index (κ2) is 12.6. The molecule has 0 fully saturated rings. The summed E-state index contributed by atoms with van der Waals surface area (Å²) in [6.07, 6.45) is -2.46. The van der Waals surface area contributed by atoms with Crippen LogP contribution in [0.15, 0.2) is 49.8 Å². The number of aromatic amines is 1. The van der Waals surface area contributed by atoms with Gasteiger partial charge in [0.2, 0.25) is 0 Å². The van der Waals surface area contributed by atoms with Crippen LogP contribution in [0.5, 0.6) is 0 Å². The number of hydrogen-bond acceptors (Lipinski definition) is 9. The molecule has 15 nitrogen and oxygen atoms in total. The summed E-state index contributed by atoms with van der Waals surface area (Å²) in [6, 6.07) is 0. The first-order chi connectivity index (χ1) is 16.8. The van der Waals surface area contributed by atoms with Crippen molar-refractivity contribution < 1.29 is 45.0 Å². The number of nitrogens with one attached hydrogen (secondary N) is 1. The zero-order chi connectivity index (χ0) is 27.8. The van der Waals surface area contributed by atoms with Gasteiger partial charge in [-0.05, 0) is 19.3 Å². The van der Waals surface area contributed by atoms with E-state index in [9.17, 15) is 54.3 Å². The van der Waals surface area contributed by atoms with Crippen molar-refractivity contribution in [1.29, 1.82) is 0 Å². The van der Waals surface area contributed by atoms with Crippen molar-refractivity contribution in [3.8, 4) is 0 Å². The highest BCUT2D eigenvalue weighted by molar-refractivity contribution is 5.91. The molecule has 0 amide bonds. The molecular formula is C21H27N3O12. The molecule has 0 aromatic carbocycles. The largest absolute Gasteiger partial charge is 0.478 e. The summed E-state index contributed by atoms with van der Waals surface area (Å²) in [5.74, 6) is -5.00. The Morgan fingerprint density at radius 2 is 1.33 bits per heavy atom. The number of nitrogens with zero attached hydrogens (tertiary/aromatic N) is 2. The summed E-state index contributed by atoms with van der Waals surface area (Å²) in [6.45, 7) is 3.44. The Labute approximate surface area is 202 Å². The standard InChI is InChI=1S/C21H27N3O12/c1-11(15(28)29)9-21(5-8-27,14(17(32)33)13(3-6-25)4-7-26)24-19(35)22-18(34)23(20(24)36)10-12(2)16(30)31/h25-27H,1-10H2,(H,28,29)(H,30,31)(H,32,33)(H,22,34,35). The molecule has 1 rings (SSSR count). The van der Waals surface area contributed by atoms with E-state index in [1.807, 2.05) is 0 Å². The number of aliphatic hydroxyl groups excluding tert-OH is 3. The van der Waals surface area contributed by atoms with E-state index in [0.717, 1.165) is 0 Å². The van der Waals surface area contributed by atoms with E-state index in [1.165, 1.54) is 0 Å².